The van der Waals surface area contributed by atoms with Crippen LogP contribution in [0.5, 0.6) is 5.75 Å². The van der Waals surface area contributed by atoms with Crippen LogP contribution in [0.25, 0.3) is 10.8 Å². The molecule has 1 aromatic carbocycles. The van der Waals surface area contributed by atoms with Gasteiger partial charge in [0.05, 0.1) is 7.11 Å². The molecule has 2 aromatic rings. The van der Waals surface area contributed by atoms with E-state index in [0.29, 0.717) is 10.9 Å². The fraction of sp³-hybridized carbons (Fsp3) is 0.100. The first-order chi connectivity index (χ1) is 6.74. The molecule has 1 aromatic heterocycles. The van der Waals surface area contributed by atoms with Gasteiger partial charge >= 0.3 is 0 Å². The highest BCUT2D eigenvalue weighted by Gasteiger charge is 2.10. The Hall–Kier alpha value is -0.990. The highest BCUT2D eigenvalue weighted by Crippen LogP contribution is 2.34. The van der Waals surface area contributed by atoms with Crippen molar-refractivity contribution in [2.24, 2.45) is 0 Å². The van der Waals surface area contributed by atoms with Crippen LogP contribution < -0.4 is 4.74 Å². The number of ether oxygens (including phenoxy) is 1. The molecule has 1 heterocycles. The van der Waals surface area contributed by atoms with Crippen molar-refractivity contribution in [2.45, 2.75) is 0 Å². The summed E-state index contributed by atoms with van der Waals surface area (Å²) in [5, 5.41) is 2.40. The third-order valence-corrected chi connectivity index (χ3v) is 2.53. The van der Waals surface area contributed by atoms with Crippen molar-refractivity contribution in [2.75, 3.05) is 7.11 Å². The van der Waals surface area contributed by atoms with Crippen molar-refractivity contribution in [3.63, 3.8) is 0 Å². The number of hydrogen-bond acceptors (Lipinski definition) is 2. The molecule has 0 fully saturated rings. The third-order valence-electron chi connectivity index (χ3n) is 1.98. The van der Waals surface area contributed by atoms with E-state index in [1.54, 1.807) is 7.11 Å². The summed E-state index contributed by atoms with van der Waals surface area (Å²) >= 11 is 11.8. The van der Waals surface area contributed by atoms with Crippen LogP contribution in [0.3, 0.4) is 0 Å². The van der Waals surface area contributed by atoms with E-state index in [1.165, 1.54) is 0 Å². The predicted octanol–water partition coefficient (Wildman–Crippen LogP) is 3.55. The molecule has 2 rings (SSSR count). The maximum absolute atomic E-state index is 5.94. The number of halogens is 2. The summed E-state index contributed by atoms with van der Waals surface area (Å²) in [6.45, 7) is 0. The highest BCUT2D eigenvalue weighted by molar-refractivity contribution is 6.37. The molecular formula is C10H7Cl2NO. The third kappa shape index (κ3) is 1.41. The number of aromatic nitrogens is 1. The van der Waals surface area contributed by atoms with E-state index in [0.717, 1.165) is 10.8 Å². The van der Waals surface area contributed by atoms with E-state index in [4.69, 9.17) is 27.9 Å². The first-order valence-electron chi connectivity index (χ1n) is 4.01. The molecule has 0 aliphatic heterocycles. The van der Waals surface area contributed by atoms with Crippen LogP contribution in [0.2, 0.25) is 10.3 Å². The molecule has 0 radical (unpaired) electrons. The summed E-state index contributed by atoms with van der Waals surface area (Å²) in [5.74, 6) is 0.562. The Morgan fingerprint density at radius 2 is 1.71 bits per heavy atom. The van der Waals surface area contributed by atoms with Crippen molar-refractivity contribution in [1.29, 1.82) is 0 Å². The van der Waals surface area contributed by atoms with Crippen molar-refractivity contribution in [3.8, 4) is 5.75 Å². The standard InChI is InChI=1S/C10H7Cl2NO/c1-14-8-6-4-2-3-5-7(6)9(11)13-10(8)12/h2-5H,1H3. The molecule has 0 aliphatic carbocycles. The van der Waals surface area contributed by atoms with Crippen LogP contribution in [0.4, 0.5) is 0 Å². The number of nitrogens with zero attached hydrogens (tertiary/aromatic N) is 1. The Bertz CT molecular complexity index is 485. The Morgan fingerprint density at radius 3 is 2.36 bits per heavy atom. The molecule has 0 N–H and O–H groups in total. The average Bonchev–Trinajstić information content (AvgIpc) is 2.18. The Morgan fingerprint density at radius 1 is 1.07 bits per heavy atom. The van der Waals surface area contributed by atoms with Gasteiger partial charge in [-0.05, 0) is 0 Å². The number of benzene rings is 1. The topological polar surface area (TPSA) is 22.1 Å². The van der Waals surface area contributed by atoms with Gasteiger partial charge < -0.3 is 4.74 Å². The van der Waals surface area contributed by atoms with Crippen LogP contribution in [-0.4, -0.2) is 12.1 Å². The zero-order valence-corrected chi connectivity index (χ0v) is 8.93. The zero-order valence-electron chi connectivity index (χ0n) is 7.42. The number of fused-ring (bicyclic) bond motifs is 1. The number of methoxy groups -OCH3 is 1. The summed E-state index contributed by atoms with van der Waals surface area (Å²) in [6, 6.07) is 7.57. The van der Waals surface area contributed by atoms with E-state index in [9.17, 15) is 0 Å². The van der Waals surface area contributed by atoms with Crippen LogP contribution >= 0.6 is 23.2 Å². The lowest BCUT2D eigenvalue weighted by Gasteiger charge is -2.07. The second-order valence-corrected chi connectivity index (χ2v) is 3.49. The first-order valence-corrected chi connectivity index (χ1v) is 4.77. The summed E-state index contributed by atoms with van der Waals surface area (Å²) < 4.78 is 5.16. The van der Waals surface area contributed by atoms with Crippen LogP contribution in [0.15, 0.2) is 24.3 Å². The van der Waals surface area contributed by atoms with Crippen LogP contribution in [0, 0.1) is 0 Å². The number of rotatable bonds is 1. The molecule has 0 bridgehead atoms. The van der Waals surface area contributed by atoms with E-state index in [-0.39, 0.29) is 5.15 Å². The average molecular weight is 228 g/mol. The Kier molecular flexibility index (Phi) is 2.48. The summed E-state index contributed by atoms with van der Waals surface area (Å²) in [7, 11) is 1.56. The largest absolute Gasteiger partial charge is 0.493 e. The maximum Gasteiger partial charge on any atom is 0.173 e. The minimum Gasteiger partial charge on any atom is -0.493 e. The summed E-state index contributed by atoms with van der Waals surface area (Å²) in [4.78, 5) is 3.98. The lowest BCUT2D eigenvalue weighted by atomic mass is 10.2. The monoisotopic (exact) mass is 227 g/mol. The minimum atomic E-state index is 0.288. The van der Waals surface area contributed by atoms with E-state index >= 15 is 0 Å². The second-order valence-electron chi connectivity index (χ2n) is 2.77. The molecule has 0 saturated heterocycles. The Balaban J connectivity index is 2.90. The number of hydrogen-bond donors (Lipinski definition) is 0. The molecule has 0 atom stereocenters. The molecule has 0 unspecified atom stereocenters. The van der Waals surface area contributed by atoms with Crippen molar-refractivity contribution in [3.05, 3.63) is 34.6 Å². The van der Waals surface area contributed by atoms with Crippen molar-refractivity contribution in [1.82, 2.24) is 4.98 Å². The van der Waals surface area contributed by atoms with Crippen molar-refractivity contribution < 1.29 is 4.74 Å². The fourth-order valence-electron chi connectivity index (χ4n) is 1.36. The zero-order chi connectivity index (χ0) is 10.1. The molecule has 2 nitrogen and oxygen atoms in total. The van der Waals surface area contributed by atoms with Crippen molar-refractivity contribution >= 4 is 34.0 Å². The van der Waals surface area contributed by atoms with Gasteiger partial charge in [0.1, 0.15) is 5.15 Å². The van der Waals surface area contributed by atoms with Crippen LogP contribution in [0.1, 0.15) is 0 Å². The van der Waals surface area contributed by atoms with Gasteiger partial charge in [0.25, 0.3) is 0 Å². The molecule has 0 amide bonds. The molecule has 14 heavy (non-hydrogen) atoms. The highest BCUT2D eigenvalue weighted by atomic mass is 35.5. The molecule has 0 spiro atoms. The Labute approximate surface area is 91.4 Å². The summed E-state index contributed by atoms with van der Waals surface area (Å²) in [6.07, 6.45) is 0. The van der Waals surface area contributed by atoms with E-state index in [2.05, 4.69) is 4.98 Å². The smallest absolute Gasteiger partial charge is 0.173 e. The van der Waals surface area contributed by atoms with Gasteiger partial charge in [-0.3, -0.25) is 0 Å². The van der Waals surface area contributed by atoms with Gasteiger partial charge in [0, 0.05) is 10.8 Å². The van der Waals surface area contributed by atoms with Gasteiger partial charge in [-0.15, -0.1) is 0 Å². The van der Waals surface area contributed by atoms with Gasteiger partial charge in [-0.1, -0.05) is 47.5 Å². The van der Waals surface area contributed by atoms with E-state index in [1.807, 2.05) is 24.3 Å². The minimum absolute atomic E-state index is 0.288. The SMILES string of the molecule is COc1c(Cl)nc(Cl)c2ccccc12. The lowest BCUT2D eigenvalue weighted by Crippen LogP contribution is -1.90. The molecule has 0 saturated carbocycles. The maximum atomic E-state index is 5.94. The quantitative estimate of drug-likeness (QED) is 0.696. The predicted molar refractivity (Wildman–Crippen MR) is 58.3 cm³/mol. The fourth-order valence-corrected chi connectivity index (χ4v) is 1.92. The van der Waals surface area contributed by atoms with Gasteiger partial charge in [-0.2, -0.15) is 0 Å². The second kappa shape index (κ2) is 3.64. The lowest BCUT2D eigenvalue weighted by molar-refractivity contribution is 0.418. The van der Waals surface area contributed by atoms with Gasteiger partial charge in [-0.25, -0.2) is 4.98 Å². The normalized spacial score (nSPS) is 10.5. The molecular weight excluding hydrogens is 221 g/mol. The van der Waals surface area contributed by atoms with Crippen LogP contribution in [-0.2, 0) is 0 Å². The summed E-state index contributed by atoms with van der Waals surface area (Å²) in [5.41, 5.74) is 0. The van der Waals surface area contributed by atoms with Gasteiger partial charge in [0.2, 0.25) is 0 Å². The van der Waals surface area contributed by atoms with Gasteiger partial charge in [0.15, 0.2) is 10.9 Å². The molecule has 72 valence electrons. The first kappa shape index (κ1) is 9.56. The van der Waals surface area contributed by atoms with E-state index < -0.39 is 0 Å². The molecule has 4 heteroatoms. The number of pyridine rings is 1. The molecule has 0 aliphatic rings.